The molecule has 1 aliphatic heterocycles. The summed E-state index contributed by atoms with van der Waals surface area (Å²) in [5.74, 6) is 10.5. The number of benzene rings is 4. The van der Waals surface area contributed by atoms with Gasteiger partial charge in [0.05, 0.1) is 6.61 Å². The fourth-order valence-electron chi connectivity index (χ4n) is 17.0. The highest BCUT2D eigenvalue weighted by Crippen LogP contribution is 2.71. The maximum atomic E-state index is 11.2. The third-order valence-electron chi connectivity index (χ3n) is 20.0. The molecule has 8 fully saturated rings. The predicted molar refractivity (Wildman–Crippen MR) is 347 cm³/mol. The van der Waals surface area contributed by atoms with E-state index in [-0.39, 0.29) is 0 Å². The normalized spacial score (nSPS) is 31.8. The summed E-state index contributed by atoms with van der Waals surface area (Å²) in [6.07, 6.45) is 21.7. The van der Waals surface area contributed by atoms with Crippen LogP contribution in [0.4, 0.5) is 0 Å². The second kappa shape index (κ2) is 36.5. The molecule has 4 bridgehead atoms. The third-order valence-corrected chi connectivity index (χ3v) is 20.0. The van der Waals surface area contributed by atoms with E-state index in [2.05, 4.69) is 122 Å². The van der Waals surface area contributed by atoms with Crippen LogP contribution in [0.25, 0.3) is 10.8 Å². The van der Waals surface area contributed by atoms with Crippen LogP contribution in [0.3, 0.4) is 0 Å². The molecule has 13 rings (SSSR count). The molecule has 9 aliphatic rings. The van der Waals surface area contributed by atoms with Crippen molar-refractivity contribution in [3.8, 4) is 5.75 Å². The smallest absolute Gasteiger partial charge is 0.303 e. The first-order valence-electron chi connectivity index (χ1n) is 33.0. The van der Waals surface area contributed by atoms with Gasteiger partial charge < -0.3 is 14.9 Å². The summed E-state index contributed by atoms with van der Waals surface area (Å²) in [7, 11) is 0. The molecule has 4 aromatic carbocycles. The Morgan fingerprint density at radius 3 is 1.54 bits per heavy atom. The number of carboxylic acids is 2. The maximum absolute atomic E-state index is 11.2. The Bertz CT molecular complexity index is 2160. The largest absolute Gasteiger partial charge is 0.493 e. The van der Waals surface area contributed by atoms with E-state index < -0.39 is 11.9 Å². The SMILES string of the molecule is CC.CC.CC.CC.CC.CC(=O)O.CC12CC3CC(CC(C3)C1)C2.CC1CCC2(C)C(C1)CC(C)C1C2CC(C)C2(C)C(C(C)CCC(=O)O)CCC12.Cc1ccccc1.c1ccc2c(c1)CCO2.c1ccc2ccccc2c1. The quantitative estimate of drug-likeness (QED) is 0.213. The lowest BCUT2D eigenvalue weighted by Gasteiger charge is -2.65. The van der Waals surface area contributed by atoms with Crippen LogP contribution >= 0.6 is 0 Å². The molecule has 0 radical (unpaired) electrons. The molecule has 5 heteroatoms. The monoisotopic (exact) mass is 1100 g/mol. The van der Waals surface area contributed by atoms with Gasteiger partial charge in [-0.1, -0.05) is 227 Å². The molecule has 11 atom stereocenters. The van der Waals surface area contributed by atoms with Crippen LogP contribution in [0, 0.1) is 94.2 Å². The third kappa shape index (κ3) is 20.1. The Balaban J connectivity index is 0.000000355. The molecule has 452 valence electrons. The highest BCUT2D eigenvalue weighted by atomic mass is 16.5. The molecular formula is C75H122O5. The highest BCUT2D eigenvalue weighted by Gasteiger charge is 2.64. The summed E-state index contributed by atoms with van der Waals surface area (Å²) < 4.78 is 5.30. The molecule has 0 spiro atoms. The molecule has 0 aromatic heterocycles. The van der Waals surface area contributed by atoms with Gasteiger partial charge in [0, 0.05) is 19.8 Å². The van der Waals surface area contributed by atoms with Crippen molar-refractivity contribution in [1.82, 2.24) is 0 Å². The lowest BCUT2D eigenvalue weighted by atomic mass is 9.40. The summed E-state index contributed by atoms with van der Waals surface area (Å²) in [5.41, 5.74) is 4.46. The van der Waals surface area contributed by atoms with E-state index in [0.29, 0.717) is 29.1 Å². The number of aryl methyl sites for hydroxylation is 1. The summed E-state index contributed by atoms with van der Waals surface area (Å²) in [6, 6.07) is 35.2. The van der Waals surface area contributed by atoms with E-state index >= 15 is 0 Å². The Labute approximate surface area is 493 Å². The Morgan fingerprint density at radius 1 is 0.613 bits per heavy atom. The van der Waals surface area contributed by atoms with Crippen LogP contribution in [0.15, 0.2) is 103 Å². The number of carboxylic acid groups (broad SMARTS) is 2. The lowest BCUT2D eigenvalue weighted by molar-refractivity contribution is -0.163. The fraction of sp³-hybridized carbons (Fsp3) is 0.680. The zero-order valence-electron chi connectivity index (χ0n) is 54.9. The van der Waals surface area contributed by atoms with Crippen LogP contribution in [-0.2, 0) is 16.0 Å². The number of aliphatic carboxylic acids is 2. The van der Waals surface area contributed by atoms with E-state index in [1.807, 2.05) is 106 Å². The van der Waals surface area contributed by atoms with E-state index in [0.717, 1.165) is 96.7 Å². The minimum absolute atomic E-state index is 0.340. The highest BCUT2D eigenvalue weighted by molar-refractivity contribution is 5.82. The van der Waals surface area contributed by atoms with Crippen molar-refractivity contribution in [2.24, 2.45) is 87.3 Å². The maximum Gasteiger partial charge on any atom is 0.303 e. The van der Waals surface area contributed by atoms with Crippen LogP contribution in [0.1, 0.15) is 232 Å². The minimum atomic E-state index is -0.833. The number of fused-ring (bicyclic) bond motifs is 7. The average Bonchev–Trinajstić information content (AvgIpc) is 4.10. The molecule has 1 heterocycles. The van der Waals surface area contributed by atoms with E-state index in [1.54, 1.807) is 38.5 Å². The number of para-hydroxylation sites is 1. The van der Waals surface area contributed by atoms with Crippen molar-refractivity contribution >= 4 is 22.7 Å². The molecule has 80 heavy (non-hydrogen) atoms. The Morgan fingerprint density at radius 2 is 1.09 bits per heavy atom. The zero-order valence-corrected chi connectivity index (χ0v) is 54.9. The first kappa shape index (κ1) is 72.0. The second-order valence-electron chi connectivity index (χ2n) is 25.1. The van der Waals surface area contributed by atoms with Gasteiger partial charge in [0.25, 0.3) is 5.97 Å². The molecule has 8 saturated carbocycles. The molecule has 0 saturated heterocycles. The standard InChI is InChI=1S/C27H46O2.C11H18.C10H8.C8H8O.C7H8.C2H4O2.5C2H6/c1-16-11-12-26(5)20(13-16)14-18(3)25-22-9-8-21(17(2)7-10-24(28)29)27(22,6)19(4)15-23(25)26;1-11-5-8-2-9(6-11)4-10(3-8)7-11;1-2-6-10-8-4-3-7-9(10)5-1;1-2-4-8-7(3-1)5-6-9-8;1-7-5-3-2-4-6-7;1-2(3)4;5*1-2/h16-23,25H,7-15H2,1-6H3,(H,28,29);8-10H,2-7H2,1H3;1-8H;1-4H,5-6H2;2-6H,1H3;1H3,(H,3,4);5*1-2H3. The summed E-state index contributed by atoms with van der Waals surface area (Å²) in [5, 5.41) is 19.2. The average molecular weight is 1100 g/mol. The molecule has 2 N–H and O–H groups in total. The van der Waals surface area contributed by atoms with Gasteiger partial charge in [-0.25, -0.2) is 0 Å². The van der Waals surface area contributed by atoms with Gasteiger partial charge in [-0.15, -0.1) is 0 Å². The van der Waals surface area contributed by atoms with Gasteiger partial charge in [0.2, 0.25) is 0 Å². The van der Waals surface area contributed by atoms with Gasteiger partial charge >= 0.3 is 5.97 Å². The summed E-state index contributed by atoms with van der Waals surface area (Å²) >= 11 is 0. The number of ether oxygens (including phenoxy) is 1. The Kier molecular flexibility index (Phi) is 32.8. The van der Waals surface area contributed by atoms with Gasteiger partial charge in [-0.3, -0.25) is 9.59 Å². The van der Waals surface area contributed by atoms with Crippen molar-refractivity contribution in [3.05, 3.63) is 114 Å². The first-order valence-corrected chi connectivity index (χ1v) is 33.0. The van der Waals surface area contributed by atoms with Gasteiger partial charge in [0.1, 0.15) is 5.75 Å². The molecule has 0 amide bonds. The minimum Gasteiger partial charge on any atom is -0.493 e. The van der Waals surface area contributed by atoms with Gasteiger partial charge in [-0.2, -0.15) is 0 Å². The van der Waals surface area contributed by atoms with Crippen LogP contribution in [0.5, 0.6) is 5.75 Å². The van der Waals surface area contributed by atoms with Crippen LogP contribution < -0.4 is 4.74 Å². The second-order valence-corrected chi connectivity index (χ2v) is 25.1. The number of carbonyl (C=O) groups is 2. The molecule has 4 aromatic rings. The fourth-order valence-corrected chi connectivity index (χ4v) is 17.0. The number of hydrogen-bond donors (Lipinski definition) is 2. The molecular weight excluding hydrogens is 981 g/mol. The van der Waals surface area contributed by atoms with E-state index in [1.165, 1.54) is 66.8 Å². The van der Waals surface area contributed by atoms with Gasteiger partial charge in [0.15, 0.2) is 0 Å². The number of rotatable bonds is 4. The summed E-state index contributed by atoms with van der Waals surface area (Å²) in [4.78, 5) is 20.2. The van der Waals surface area contributed by atoms with Gasteiger partial charge in [-0.05, 0) is 200 Å². The van der Waals surface area contributed by atoms with Crippen molar-refractivity contribution in [2.45, 2.75) is 234 Å². The topological polar surface area (TPSA) is 83.8 Å². The Hall–Kier alpha value is -4.12. The van der Waals surface area contributed by atoms with Crippen LogP contribution in [-0.4, -0.2) is 28.8 Å². The van der Waals surface area contributed by atoms with E-state index in [9.17, 15) is 9.90 Å². The molecule has 8 aliphatic carbocycles. The zero-order chi connectivity index (χ0) is 60.2. The summed E-state index contributed by atoms with van der Waals surface area (Å²) in [6.45, 7) is 41.9. The molecule has 11 unspecified atom stereocenters. The lowest BCUT2D eigenvalue weighted by Crippen LogP contribution is -2.58. The van der Waals surface area contributed by atoms with Crippen molar-refractivity contribution < 1.29 is 24.5 Å². The number of hydrogen-bond acceptors (Lipinski definition) is 3. The van der Waals surface area contributed by atoms with Crippen molar-refractivity contribution in [2.75, 3.05) is 6.61 Å². The van der Waals surface area contributed by atoms with Crippen molar-refractivity contribution in [1.29, 1.82) is 0 Å². The van der Waals surface area contributed by atoms with Crippen LogP contribution in [0.2, 0.25) is 0 Å². The first-order chi connectivity index (χ1) is 38.4. The van der Waals surface area contributed by atoms with Crippen molar-refractivity contribution in [3.63, 3.8) is 0 Å². The molecule has 5 nitrogen and oxygen atoms in total. The van der Waals surface area contributed by atoms with E-state index in [4.69, 9.17) is 14.6 Å². The predicted octanol–water partition coefficient (Wildman–Crippen LogP) is 22.2.